The topological polar surface area (TPSA) is 142 Å². The predicted octanol–water partition coefficient (Wildman–Crippen LogP) is 8.30. The highest BCUT2D eigenvalue weighted by atomic mass is 15.0. The summed E-state index contributed by atoms with van der Waals surface area (Å²) in [5.74, 6) is 0. The van der Waals surface area contributed by atoms with Crippen LogP contribution in [0.2, 0.25) is 0 Å². The van der Waals surface area contributed by atoms with Gasteiger partial charge in [0.15, 0.2) is 0 Å². The third-order valence-corrected chi connectivity index (χ3v) is 8.71. The van der Waals surface area contributed by atoms with Crippen LogP contribution in [0.1, 0.15) is 27.8 Å². The van der Waals surface area contributed by atoms with Gasteiger partial charge >= 0.3 is 0 Å². The minimum atomic E-state index is 0.486. The Morgan fingerprint density at radius 2 is 0.771 bits per heavy atom. The number of hydrogen-bond acceptors (Lipinski definition) is 6. The van der Waals surface area contributed by atoms with Crippen molar-refractivity contribution < 1.29 is 0 Å². The molecule has 8 nitrogen and oxygen atoms in total. The molecule has 0 aliphatic carbocycles. The van der Waals surface area contributed by atoms with Gasteiger partial charge in [0.25, 0.3) is 0 Å². The molecular weight excluding hydrogens is 592 g/mol. The minimum Gasteiger partial charge on any atom is -0.307 e. The molecule has 48 heavy (non-hydrogen) atoms. The van der Waals surface area contributed by atoms with Crippen LogP contribution in [0.25, 0.3) is 66.1 Å². The van der Waals surface area contributed by atoms with Crippen molar-refractivity contribution in [2.75, 3.05) is 0 Å². The number of fused-ring (bicyclic) bond motifs is 6. The van der Waals surface area contributed by atoms with Crippen LogP contribution in [0.15, 0.2) is 109 Å². The largest absolute Gasteiger partial charge is 0.307 e. The van der Waals surface area contributed by atoms with E-state index in [1.165, 1.54) is 0 Å². The molecule has 0 spiro atoms. The number of nitriles is 5. The van der Waals surface area contributed by atoms with E-state index >= 15 is 0 Å². The fourth-order valence-corrected chi connectivity index (χ4v) is 6.66. The van der Waals surface area contributed by atoms with Crippen molar-refractivity contribution in [2.24, 2.45) is 0 Å². The fourth-order valence-electron chi connectivity index (χ4n) is 6.66. The smallest absolute Gasteiger partial charge is 0.0991 e. The first kappa shape index (κ1) is 27.8. The Labute approximate surface area is 273 Å². The molecule has 8 heteroatoms. The van der Waals surface area contributed by atoms with Gasteiger partial charge in [-0.2, -0.15) is 26.3 Å². The Kier molecular flexibility index (Phi) is 6.22. The van der Waals surface area contributed by atoms with Gasteiger partial charge < -0.3 is 9.13 Å². The molecule has 3 heterocycles. The molecule has 3 aromatic heterocycles. The lowest BCUT2D eigenvalue weighted by atomic mass is 10.0. The first-order valence-electron chi connectivity index (χ1n) is 14.8. The molecule has 0 unspecified atom stereocenters. The lowest BCUT2D eigenvalue weighted by molar-refractivity contribution is 1.09. The van der Waals surface area contributed by atoms with Crippen molar-refractivity contribution in [3.8, 4) is 52.8 Å². The molecule has 0 saturated heterocycles. The Bertz CT molecular complexity index is 2600. The van der Waals surface area contributed by atoms with Crippen LogP contribution in [0.5, 0.6) is 0 Å². The number of aromatic nitrogens is 3. The molecule has 0 fully saturated rings. The van der Waals surface area contributed by atoms with Gasteiger partial charge in [0.1, 0.15) is 0 Å². The highest BCUT2D eigenvalue weighted by molar-refractivity contribution is 6.12. The van der Waals surface area contributed by atoms with Gasteiger partial charge in [0.2, 0.25) is 0 Å². The van der Waals surface area contributed by atoms with E-state index in [2.05, 4.69) is 39.5 Å². The first-order chi connectivity index (χ1) is 23.6. The van der Waals surface area contributed by atoms with Crippen molar-refractivity contribution in [2.45, 2.75) is 0 Å². The molecule has 218 valence electrons. The summed E-state index contributed by atoms with van der Waals surface area (Å²) in [6.45, 7) is 0. The summed E-state index contributed by atoms with van der Waals surface area (Å²) < 4.78 is 4.15. The van der Waals surface area contributed by atoms with E-state index in [4.69, 9.17) is 4.98 Å². The minimum absolute atomic E-state index is 0.486. The van der Waals surface area contributed by atoms with E-state index in [9.17, 15) is 26.3 Å². The van der Waals surface area contributed by atoms with E-state index in [0.29, 0.717) is 39.2 Å². The molecule has 8 aromatic rings. The summed E-state index contributed by atoms with van der Waals surface area (Å²) >= 11 is 0. The molecule has 0 bridgehead atoms. The second-order valence-corrected chi connectivity index (χ2v) is 11.3. The zero-order valence-corrected chi connectivity index (χ0v) is 25.0. The first-order valence-corrected chi connectivity index (χ1v) is 14.8. The van der Waals surface area contributed by atoms with Gasteiger partial charge in [-0.15, -0.1) is 0 Å². The van der Waals surface area contributed by atoms with E-state index in [1.54, 1.807) is 42.7 Å². The van der Waals surface area contributed by atoms with E-state index in [1.807, 2.05) is 66.7 Å². The van der Waals surface area contributed by atoms with Crippen LogP contribution in [-0.2, 0) is 0 Å². The third-order valence-electron chi connectivity index (χ3n) is 8.71. The normalized spacial score (nSPS) is 10.8. The van der Waals surface area contributed by atoms with Crippen LogP contribution in [0.3, 0.4) is 0 Å². The summed E-state index contributed by atoms with van der Waals surface area (Å²) in [5.41, 5.74) is 8.72. The molecule has 0 aliphatic heterocycles. The Morgan fingerprint density at radius 3 is 1.12 bits per heavy atom. The predicted molar refractivity (Wildman–Crippen MR) is 182 cm³/mol. The molecule has 8 rings (SSSR count). The van der Waals surface area contributed by atoms with Gasteiger partial charge in [-0.1, -0.05) is 12.1 Å². The molecule has 0 radical (unpaired) electrons. The molecule has 0 amide bonds. The molecule has 0 aliphatic rings. The Balaban J connectivity index is 1.56. The van der Waals surface area contributed by atoms with E-state index in [-0.39, 0.29) is 0 Å². The number of hydrogen-bond donors (Lipinski definition) is 0. The monoisotopic (exact) mass is 610 g/mol. The van der Waals surface area contributed by atoms with Crippen molar-refractivity contribution in [3.05, 3.63) is 137 Å². The summed E-state index contributed by atoms with van der Waals surface area (Å²) in [6.07, 6.45) is 3.56. The van der Waals surface area contributed by atoms with Crippen molar-refractivity contribution in [1.29, 1.82) is 26.3 Å². The van der Waals surface area contributed by atoms with Gasteiger partial charge in [-0.05, 0) is 90.5 Å². The van der Waals surface area contributed by atoms with Crippen LogP contribution in [0.4, 0.5) is 0 Å². The number of pyridine rings is 1. The quantitative estimate of drug-likeness (QED) is 0.197. The zero-order valence-electron chi connectivity index (χ0n) is 25.0. The lowest BCUT2D eigenvalue weighted by Gasteiger charge is -2.19. The number of benzene rings is 5. The van der Waals surface area contributed by atoms with Crippen molar-refractivity contribution in [3.63, 3.8) is 0 Å². The molecule has 0 atom stereocenters. The molecular formula is C40H18N8. The summed E-state index contributed by atoms with van der Waals surface area (Å²) in [6, 6.07) is 40.5. The van der Waals surface area contributed by atoms with E-state index < -0.39 is 0 Å². The third kappa shape index (κ3) is 4.08. The average molecular weight is 611 g/mol. The van der Waals surface area contributed by atoms with Crippen LogP contribution in [0, 0.1) is 56.7 Å². The second-order valence-electron chi connectivity index (χ2n) is 11.3. The number of nitrogens with zero attached hydrogens (tertiary/aromatic N) is 8. The van der Waals surface area contributed by atoms with Crippen molar-refractivity contribution in [1.82, 2.24) is 14.1 Å². The molecule has 0 saturated carbocycles. The van der Waals surface area contributed by atoms with Gasteiger partial charge in [-0.25, -0.2) is 0 Å². The summed E-state index contributed by atoms with van der Waals surface area (Å²) in [7, 11) is 0. The molecule has 5 aromatic carbocycles. The summed E-state index contributed by atoms with van der Waals surface area (Å²) in [4.78, 5) is 4.77. The zero-order chi connectivity index (χ0) is 32.9. The Morgan fingerprint density at radius 1 is 0.417 bits per heavy atom. The van der Waals surface area contributed by atoms with Gasteiger partial charge in [0, 0.05) is 27.1 Å². The molecule has 0 N–H and O–H groups in total. The number of rotatable bonds is 3. The SMILES string of the molecule is N#Cc1cccc(-c2c(-n3c4ccc(C#N)cc4c4cc(C#N)ccc43)cncc2-n2c3ccc(C#N)cc3c3cc(C#N)ccc32)c1. The maximum Gasteiger partial charge on any atom is 0.0991 e. The lowest BCUT2D eigenvalue weighted by Crippen LogP contribution is -2.05. The van der Waals surface area contributed by atoms with Crippen LogP contribution in [-0.4, -0.2) is 14.1 Å². The van der Waals surface area contributed by atoms with Gasteiger partial charge in [-0.3, -0.25) is 4.98 Å². The average Bonchev–Trinajstić information content (AvgIpc) is 3.65. The highest BCUT2D eigenvalue weighted by Crippen LogP contribution is 2.42. The highest BCUT2D eigenvalue weighted by Gasteiger charge is 2.23. The van der Waals surface area contributed by atoms with Gasteiger partial charge in [0.05, 0.1) is 104 Å². The second kappa shape index (κ2) is 10.7. The standard InChI is InChI=1S/C40H18N8/c41-17-24-2-1-3-29(12-24)40-38(47-34-8-4-25(18-42)13-30(34)31-14-26(19-43)5-9-35(31)47)22-46-23-39(40)48-36-10-6-27(20-44)15-32(36)33-16-28(21-45)7-11-37(33)48/h1-16,22-23H. The van der Waals surface area contributed by atoms with Crippen LogP contribution < -0.4 is 0 Å². The maximum absolute atomic E-state index is 9.90. The van der Waals surface area contributed by atoms with E-state index in [0.717, 1.165) is 54.7 Å². The van der Waals surface area contributed by atoms with Crippen molar-refractivity contribution >= 4 is 43.6 Å². The summed E-state index contributed by atoms with van der Waals surface area (Å²) in [5, 5.41) is 52.1. The van der Waals surface area contributed by atoms with Crippen LogP contribution >= 0.6 is 0 Å². The fraction of sp³-hybridized carbons (Fsp3) is 0. The maximum atomic E-state index is 9.90. The Hall–Kier alpha value is -7.70.